The van der Waals surface area contributed by atoms with Crippen LogP contribution in [0.15, 0.2) is 28.8 Å². The molecule has 0 radical (unpaired) electrons. The van der Waals surface area contributed by atoms with Gasteiger partial charge in [0.2, 0.25) is 11.7 Å². The average Bonchev–Trinajstić information content (AvgIpc) is 3.14. The molecule has 29 heavy (non-hydrogen) atoms. The van der Waals surface area contributed by atoms with Crippen LogP contribution >= 0.6 is 0 Å². The van der Waals surface area contributed by atoms with Crippen molar-refractivity contribution in [2.45, 2.75) is 50.9 Å². The molecule has 156 valence electrons. The third-order valence-electron chi connectivity index (χ3n) is 5.22. The van der Waals surface area contributed by atoms with E-state index in [1.165, 1.54) is 0 Å². The predicted molar refractivity (Wildman–Crippen MR) is 96.5 cm³/mol. The number of carbonyl (C=O) groups excluding carboxylic acids is 1. The molecule has 1 aliphatic carbocycles. The van der Waals surface area contributed by atoms with Gasteiger partial charge < -0.3 is 14.2 Å². The third-order valence-corrected chi connectivity index (χ3v) is 5.22. The fraction of sp³-hybridized carbons (Fsp3) is 0.550. The number of benzene rings is 1. The van der Waals surface area contributed by atoms with E-state index in [-0.39, 0.29) is 17.8 Å². The fourth-order valence-corrected chi connectivity index (χ4v) is 3.42. The van der Waals surface area contributed by atoms with Crippen molar-refractivity contribution in [2.75, 3.05) is 13.2 Å². The Labute approximate surface area is 166 Å². The first-order chi connectivity index (χ1) is 13.9. The van der Waals surface area contributed by atoms with E-state index in [1.54, 1.807) is 24.3 Å². The first-order valence-corrected chi connectivity index (χ1v) is 9.78. The highest BCUT2D eigenvalue weighted by molar-refractivity contribution is 5.76. The van der Waals surface area contributed by atoms with Crippen LogP contribution in [0.5, 0.6) is 0 Å². The van der Waals surface area contributed by atoms with Crippen molar-refractivity contribution in [1.29, 1.82) is 0 Å². The number of halogens is 3. The average molecular weight is 409 g/mol. The molecule has 2 fully saturated rings. The van der Waals surface area contributed by atoms with E-state index < -0.39 is 12.1 Å². The summed E-state index contributed by atoms with van der Waals surface area (Å²) in [5.74, 6) is -0.868. The number of ether oxygens (including phenoxy) is 1. The zero-order valence-corrected chi connectivity index (χ0v) is 15.8. The molecule has 2 aliphatic rings. The van der Waals surface area contributed by atoms with Gasteiger partial charge in [-0.3, -0.25) is 4.79 Å². The zero-order chi connectivity index (χ0) is 20.4. The number of hydrogen-bond donors (Lipinski definition) is 0. The van der Waals surface area contributed by atoms with Crippen LogP contribution in [0.3, 0.4) is 0 Å². The summed E-state index contributed by atoms with van der Waals surface area (Å²) >= 11 is 0. The molecule has 6 nitrogen and oxygen atoms in total. The van der Waals surface area contributed by atoms with Gasteiger partial charge in [-0.05, 0) is 37.2 Å². The number of rotatable bonds is 7. The van der Waals surface area contributed by atoms with E-state index in [0.717, 1.165) is 37.9 Å². The molecule has 2 heterocycles. The number of aromatic nitrogens is 2. The van der Waals surface area contributed by atoms with E-state index >= 15 is 0 Å². The standard InChI is InChI=1S/C20H22F3N3O3/c21-20(22,23)19-24-18(25-29-19)15-7-5-14(6-8-15)11-26(12-16-2-1-9-28-16)17(27)10-13-3-4-13/h5-8,13,16H,1-4,9-12H2. The maximum absolute atomic E-state index is 12.7. The highest BCUT2D eigenvalue weighted by atomic mass is 19.4. The van der Waals surface area contributed by atoms with E-state index in [2.05, 4.69) is 14.7 Å². The molecule has 1 saturated heterocycles. The molecule has 1 aromatic heterocycles. The summed E-state index contributed by atoms with van der Waals surface area (Å²) in [7, 11) is 0. The van der Waals surface area contributed by atoms with Crippen molar-refractivity contribution >= 4 is 5.91 Å². The normalized spacial score (nSPS) is 19.5. The van der Waals surface area contributed by atoms with Gasteiger partial charge in [-0.25, -0.2) is 0 Å². The molecule has 0 bridgehead atoms. The predicted octanol–water partition coefficient (Wildman–Crippen LogP) is 4.06. The smallest absolute Gasteiger partial charge is 0.376 e. The highest BCUT2D eigenvalue weighted by Gasteiger charge is 2.38. The Balaban J connectivity index is 1.44. The van der Waals surface area contributed by atoms with Crippen LogP contribution in [-0.2, 0) is 22.3 Å². The molecule has 0 N–H and O–H groups in total. The molecule has 1 saturated carbocycles. The Bertz CT molecular complexity index is 841. The molecule has 1 unspecified atom stereocenters. The van der Waals surface area contributed by atoms with Gasteiger partial charge in [0.1, 0.15) is 0 Å². The molecule has 1 aromatic carbocycles. The number of hydrogen-bond acceptors (Lipinski definition) is 5. The summed E-state index contributed by atoms with van der Waals surface area (Å²) in [5.41, 5.74) is 1.30. The number of alkyl halides is 3. The van der Waals surface area contributed by atoms with Crippen LogP contribution in [0.25, 0.3) is 11.4 Å². The van der Waals surface area contributed by atoms with Crippen molar-refractivity contribution in [3.05, 3.63) is 35.7 Å². The molecule has 1 atom stereocenters. The SMILES string of the molecule is O=C(CC1CC1)N(Cc1ccc(-c2noc(C(F)(F)F)n2)cc1)CC1CCCO1. The minimum atomic E-state index is -4.67. The third kappa shape index (κ3) is 5.14. The van der Waals surface area contributed by atoms with Crippen LogP contribution in [0.1, 0.15) is 43.6 Å². The van der Waals surface area contributed by atoms with Crippen molar-refractivity contribution < 1.29 is 27.2 Å². The Hall–Kier alpha value is -2.42. The van der Waals surface area contributed by atoms with Gasteiger partial charge in [0.05, 0.1) is 6.10 Å². The van der Waals surface area contributed by atoms with Gasteiger partial charge in [-0.2, -0.15) is 18.2 Å². The summed E-state index contributed by atoms with van der Waals surface area (Å²) in [6.07, 6.45) is 0.138. The van der Waals surface area contributed by atoms with Gasteiger partial charge in [-0.15, -0.1) is 0 Å². The minimum Gasteiger partial charge on any atom is -0.376 e. The van der Waals surface area contributed by atoms with E-state index in [9.17, 15) is 18.0 Å². The first kappa shape index (κ1) is 19.9. The van der Waals surface area contributed by atoms with E-state index in [4.69, 9.17) is 4.74 Å². The second-order valence-corrected chi connectivity index (χ2v) is 7.67. The summed E-state index contributed by atoms with van der Waals surface area (Å²) in [5, 5.41) is 3.39. The Morgan fingerprint density at radius 2 is 1.93 bits per heavy atom. The topological polar surface area (TPSA) is 68.5 Å². The summed E-state index contributed by atoms with van der Waals surface area (Å²) in [4.78, 5) is 17.9. The second kappa shape index (κ2) is 8.14. The summed E-state index contributed by atoms with van der Waals surface area (Å²) < 4.78 is 47.8. The maximum Gasteiger partial charge on any atom is 0.471 e. The van der Waals surface area contributed by atoms with Crippen LogP contribution in [-0.4, -0.2) is 40.2 Å². The number of nitrogens with zero attached hydrogens (tertiary/aromatic N) is 3. The van der Waals surface area contributed by atoms with Crippen LogP contribution in [0, 0.1) is 5.92 Å². The lowest BCUT2D eigenvalue weighted by atomic mass is 10.1. The molecule has 1 amide bonds. The quantitative estimate of drug-likeness (QED) is 0.690. The Morgan fingerprint density at radius 3 is 2.52 bits per heavy atom. The van der Waals surface area contributed by atoms with Crippen LogP contribution in [0.4, 0.5) is 13.2 Å². The van der Waals surface area contributed by atoms with Gasteiger partial charge in [0.15, 0.2) is 0 Å². The van der Waals surface area contributed by atoms with Gasteiger partial charge in [0, 0.05) is 31.7 Å². The molecular weight excluding hydrogens is 387 g/mol. The molecule has 9 heteroatoms. The van der Waals surface area contributed by atoms with Crippen molar-refractivity contribution in [3.63, 3.8) is 0 Å². The Kier molecular flexibility index (Phi) is 5.58. The number of carbonyl (C=O) groups is 1. The molecular formula is C20H22F3N3O3. The molecule has 4 rings (SSSR count). The van der Waals surface area contributed by atoms with Crippen molar-refractivity contribution in [1.82, 2.24) is 15.0 Å². The lowest BCUT2D eigenvalue weighted by Gasteiger charge is -2.26. The van der Waals surface area contributed by atoms with Gasteiger partial charge in [-0.1, -0.05) is 29.4 Å². The molecule has 1 aliphatic heterocycles. The van der Waals surface area contributed by atoms with E-state index in [1.807, 2.05) is 4.90 Å². The van der Waals surface area contributed by atoms with Crippen molar-refractivity contribution in [3.8, 4) is 11.4 Å². The molecule has 0 spiro atoms. The first-order valence-electron chi connectivity index (χ1n) is 9.78. The number of amides is 1. The lowest BCUT2D eigenvalue weighted by Crippen LogP contribution is -2.37. The van der Waals surface area contributed by atoms with Gasteiger partial charge in [0.25, 0.3) is 0 Å². The summed E-state index contributed by atoms with van der Waals surface area (Å²) in [6.45, 7) is 1.73. The largest absolute Gasteiger partial charge is 0.471 e. The second-order valence-electron chi connectivity index (χ2n) is 7.67. The van der Waals surface area contributed by atoms with Crippen LogP contribution in [0.2, 0.25) is 0 Å². The fourth-order valence-electron chi connectivity index (χ4n) is 3.42. The Morgan fingerprint density at radius 1 is 1.17 bits per heavy atom. The van der Waals surface area contributed by atoms with Gasteiger partial charge >= 0.3 is 12.1 Å². The highest BCUT2D eigenvalue weighted by Crippen LogP contribution is 2.33. The summed E-state index contributed by atoms with van der Waals surface area (Å²) in [6, 6.07) is 6.81. The zero-order valence-electron chi connectivity index (χ0n) is 15.8. The maximum atomic E-state index is 12.7. The molecule has 2 aromatic rings. The lowest BCUT2D eigenvalue weighted by molar-refractivity contribution is -0.159. The van der Waals surface area contributed by atoms with E-state index in [0.29, 0.717) is 31.0 Å². The van der Waals surface area contributed by atoms with Crippen LogP contribution < -0.4 is 0 Å². The monoisotopic (exact) mass is 409 g/mol. The minimum absolute atomic E-state index is 0.0672. The van der Waals surface area contributed by atoms with Crippen molar-refractivity contribution in [2.24, 2.45) is 5.92 Å².